The lowest BCUT2D eigenvalue weighted by molar-refractivity contribution is 0.193. The summed E-state index contributed by atoms with van der Waals surface area (Å²) in [4.78, 5) is 10.2. The Bertz CT molecular complexity index is 763. The lowest BCUT2D eigenvalue weighted by Crippen LogP contribution is -2.28. The number of benzene rings is 1. The molecule has 0 saturated carbocycles. The topological polar surface area (TPSA) is 31.9 Å². The summed E-state index contributed by atoms with van der Waals surface area (Å²) in [5.74, 6) is 0. The molecule has 0 aliphatic carbocycles. The monoisotopic (exact) mass is 305 g/mol. The van der Waals surface area contributed by atoms with Crippen LogP contribution in [-0.2, 0) is 6.54 Å². The molecule has 3 heterocycles. The van der Waals surface area contributed by atoms with Gasteiger partial charge in [-0.15, -0.1) is 0 Å². The van der Waals surface area contributed by atoms with Crippen LogP contribution in [0.25, 0.3) is 10.9 Å². The highest BCUT2D eigenvalue weighted by Crippen LogP contribution is 2.32. The predicted molar refractivity (Wildman–Crippen MR) is 94.2 cm³/mol. The second-order valence-electron chi connectivity index (χ2n) is 6.48. The van der Waals surface area contributed by atoms with Gasteiger partial charge in [-0.25, -0.2) is 0 Å². The highest BCUT2D eigenvalue weighted by Gasteiger charge is 2.23. The minimum Gasteiger partial charge on any atom is -0.361 e. The number of aromatic amines is 1. The number of fused-ring (bicyclic) bond motifs is 1. The molecule has 1 saturated heterocycles. The number of H-pyrrole nitrogens is 1. The van der Waals surface area contributed by atoms with Gasteiger partial charge in [-0.1, -0.05) is 31.0 Å². The summed E-state index contributed by atoms with van der Waals surface area (Å²) in [5.41, 5.74) is 4.08. The van der Waals surface area contributed by atoms with E-state index < -0.39 is 0 Å². The van der Waals surface area contributed by atoms with E-state index in [9.17, 15) is 0 Å². The van der Waals surface area contributed by atoms with Gasteiger partial charge in [-0.05, 0) is 54.1 Å². The van der Waals surface area contributed by atoms with Gasteiger partial charge in [0.25, 0.3) is 0 Å². The molecule has 0 bridgehead atoms. The number of para-hydroxylation sites is 1. The number of nitrogens with zero attached hydrogens (tertiary/aromatic N) is 2. The van der Waals surface area contributed by atoms with Crippen molar-refractivity contribution in [2.75, 3.05) is 6.54 Å². The van der Waals surface area contributed by atoms with E-state index in [1.54, 1.807) is 0 Å². The minimum absolute atomic E-state index is 0.505. The first kappa shape index (κ1) is 14.5. The van der Waals surface area contributed by atoms with Crippen molar-refractivity contribution in [3.63, 3.8) is 0 Å². The van der Waals surface area contributed by atoms with E-state index in [1.165, 1.54) is 54.3 Å². The highest BCUT2D eigenvalue weighted by molar-refractivity contribution is 5.82. The van der Waals surface area contributed by atoms with Crippen LogP contribution in [0.5, 0.6) is 0 Å². The Morgan fingerprint density at radius 1 is 1.04 bits per heavy atom. The van der Waals surface area contributed by atoms with E-state index in [0.717, 1.165) is 6.54 Å². The third-order valence-electron chi connectivity index (χ3n) is 5.00. The molecule has 0 unspecified atom stereocenters. The normalized spacial score (nSPS) is 19.7. The van der Waals surface area contributed by atoms with Crippen molar-refractivity contribution in [1.29, 1.82) is 0 Å². The van der Waals surface area contributed by atoms with Gasteiger partial charge < -0.3 is 4.98 Å². The molecule has 1 aliphatic rings. The molecular weight excluding hydrogens is 282 g/mol. The number of aromatic nitrogens is 2. The Morgan fingerprint density at radius 2 is 1.96 bits per heavy atom. The van der Waals surface area contributed by atoms with Crippen molar-refractivity contribution in [1.82, 2.24) is 14.9 Å². The van der Waals surface area contributed by atoms with Crippen LogP contribution in [0.4, 0.5) is 0 Å². The average molecular weight is 305 g/mol. The molecule has 4 rings (SSSR count). The summed E-state index contributed by atoms with van der Waals surface area (Å²) in [6.07, 6.45) is 11.1. The Morgan fingerprint density at radius 3 is 2.87 bits per heavy atom. The molecule has 1 fully saturated rings. The van der Waals surface area contributed by atoms with Crippen molar-refractivity contribution < 1.29 is 0 Å². The van der Waals surface area contributed by atoms with Crippen molar-refractivity contribution in [2.45, 2.75) is 38.3 Å². The molecule has 23 heavy (non-hydrogen) atoms. The van der Waals surface area contributed by atoms with Gasteiger partial charge >= 0.3 is 0 Å². The van der Waals surface area contributed by atoms with E-state index in [0.29, 0.717) is 6.04 Å². The molecule has 0 radical (unpaired) electrons. The van der Waals surface area contributed by atoms with E-state index >= 15 is 0 Å². The van der Waals surface area contributed by atoms with Gasteiger partial charge in [-0.2, -0.15) is 0 Å². The number of rotatable bonds is 3. The third-order valence-corrected chi connectivity index (χ3v) is 5.00. The van der Waals surface area contributed by atoms with Gasteiger partial charge in [0, 0.05) is 36.7 Å². The molecular formula is C20H23N3. The van der Waals surface area contributed by atoms with Gasteiger partial charge in [0.1, 0.15) is 0 Å². The molecule has 3 nitrogen and oxygen atoms in total. The fourth-order valence-electron chi connectivity index (χ4n) is 3.82. The predicted octanol–water partition coefficient (Wildman–Crippen LogP) is 4.68. The molecule has 3 aromatic rings. The smallest absolute Gasteiger partial charge is 0.0499 e. The summed E-state index contributed by atoms with van der Waals surface area (Å²) >= 11 is 0. The lowest BCUT2D eigenvalue weighted by atomic mass is 10.0. The van der Waals surface area contributed by atoms with Gasteiger partial charge in [-0.3, -0.25) is 9.88 Å². The summed E-state index contributed by atoms with van der Waals surface area (Å²) in [6.45, 7) is 2.18. The second-order valence-corrected chi connectivity index (χ2v) is 6.48. The van der Waals surface area contributed by atoms with Crippen LogP contribution >= 0.6 is 0 Å². The maximum Gasteiger partial charge on any atom is 0.0499 e. The van der Waals surface area contributed by atoms with Crippen LogP contribution < -0.4 is 0 Å². The second kappa shape index (κ2) is 6.55. The molecule has 1 aromatic carbocycles. The zero-order chi connectivity index (χ0) is 15.5. The van der Waals surface area contributed by atoms with Crippen LogP contribution in [-0.4, -0.2) is 21.4 Å². The summed E-state index contributed by atoms with van der Waals surface area (Å²) in [7, 11) is 0. The largest absolute Gasteiger partial charge is 0.361 e. The molecule has 1 N–H and O–H groups in total. The van der Waals surface area contributed by atoms with Crippen molar-refractivity contribution >= 4 is 10.9 Å². The van der Waals surface area contributed by atoms with Crippen LogP contribution in [0.1, 0.15) is 42.9 Å². The van der Waals surface area contributed by atoms with Crippen molar-refractivity contribution in [3.05, 3.63) is 66.1 Å². The van der Waals surface area contributed by atoms with Crippen molar-refractivity contribution in [2.24, 2.45) is 0 Å². The summed E-state index contributed by atoms with van der Waals surface area (Å²) in [5, 5.41) is 1.30. The zero-order valence-electron chi connectivity index (χ0n) is 13.4. The molecule has 0 amide bonds. The lowest BCUT2D eigenvalue weighted by Gasteiger charge is -2.30. The fourth-order valence-corrected chi connectivity index (χ4v) is 3.82. The molecule has 2 aromatic heterocycles. The van der Waals surface area contributed by atoms with Crippen molar-refractivity contribution in [3.8, 4) is 0 Å². The first-order valence-electron chi connectivity index (χ1n) is 8.61. The average Bonchev–Trinajstić information content (AvgIpc) is 2.96. The third kappa shape index (κ3) is 3.02. The number of hydrogen-bond donors (Lipinski definition) is 1. The van der Waals surface area contributed by atoms with E-state index in [2.05, 4.69) is 51.3 Å². The van der Waals surface area contributed by atoms with E-state index in [-0.39, 0.29) is 0 Å². The summed E-state index contributed by atoms with van der Waals surface area (Å²) < 4.78 is 0. The first-order valence-corrected chi connectivity index (χ1v) is 8.61. The quantitative estimate of drug-likeness (QED) is 0.762. The highest BCUT2D eigenvalue weighted by atomic mass is 15.2. The Labute approximate surface area is 137 Å². The minimum atomic E-state index is 0.505. The molecule has 3 heteroatoms. The summed E-state index contributed by atoms with van der Waals surface area (Å²) in [6, 6.07) is 13.6. The molecule has 1 atom stereocenters. The van der Waals surface area contributed by atoms with Crippen LogP contribution in [0.2, 0.25) is 0 Å². The van der Waals surface area contributed by atoms with Gasteiger partial charge in [0.2, 0.25) is 0 Å². The number of nitrogens with one attached hydrogen (secondary N) is 1. The first-order chi connectivity index (χ1) is 11.4. The van der Waals surface area contributed by atoms with Crippen LogP contribution in [0.15, 0.2) is 55.0 Å². The Hall–Kier alpha value is -2.13. The molecule has 118 valence electrons. The number of likely N-dealkylation sites (tertiary alicyclic amines) is 1. The van der Waals surface area contributed by atoms with E-state index in [1.807, 2.05) is 18.6 Å². The van der Waals surface area contributed by atoms with Gasteiger partial charge in [0.05, 0.1) is 0 Å². The Kier molecular flexibility index (Phi) is 4.12. The standard InChI is InChI=1S/C20H23N3/c1-2-7-19(16-8-11-21-12-9-16)23(14-3-1)15-18-6-4-5-17-10-13-22-20(17)18/h4-6,8-13,19,22H,1-3,7,14-15H2/t19-/m1/s1. The SMILES string of the molecule is c1cc(CN2CCCCC[C@@H]2c2ccncc2)c2[nH]ccc2c1. The number of pyridine rings is 1. The fraction of sp³-hybridized carbons (Fsp3) is 0.350. The van der Waals surface area contributed by atoms with E-state index in [4.69, 9.17) is 0 Å². The van der Waals surface area contributed by atoms with Crippen LogP contribution in [0.3, 0.4) is 0 Å². The van der Waals surface area contributed by atoms with Crippen LogP contribution in [0, 0.1) is 0 Å². The zero-order valence-corrected chi connectivity index (χ0v) is 13.4. The maximum atomic E-state index is 4.18. The van der Waals surface area contributed by atoms with Gasteiger partial charge in [0.15, 0.2) is 0 Å². The number of hydrogen-bond acceptors (Lipinski definition) is 2. The molecule has 1 aliphatic heterocycles. The Balaban J connectivity index is 1.65. The molecule has 0 spiro atoms. The maximum absolute atomic E-state index is 4.18.